The highest BCUT2D eigenvalue weighted by molar-refractivity contribution is 6.31. The summed E-state index contributed by atoms with van der Waals surface area (Å²) >= 11 is 6.17. The number of nitrogens with one attached hydrogen (secondary N) is 1. The largest absolute Gasteiger partial charge is 0.351 e. The van der Waals surface area contributed by atoms with E-state index in [-0.39, 0.29) is 5.91 Å². The first-order chi connectivity index (χ1) is 13.1. The number of carbonyl (C=O) groups is 1. The van der Waals surface area contributed by atoms with E-state index >= 15 is 0 Å². The van der Waals surface area contributed by atoms with Crippen LogP contribution < -0.4 is 5.32 Å². The number of nitrogens with zero attached hydrogens (tertiary/aromatic N) is 4. The predicted molar refractivity (Wildman–Crippen MR) is 107 cm³/mol. The molecule has 0 atom stereocenters. The fourth-order valence-corrected chi connectivity index (χ4v) is 3.36. The van der Waals surface area contributed by atoms with E-state index in [9.17, 15) is 4.79 Å². The molecule has 1 aromatic carbocycles. The monoisotopic (exact) mass is 379 g/mol. The number of benzene rings is 1. The van der Waals surface area contributed by atoms with Crippen LogP contribution in [-0.2, 0) is 11.3 Å². The van der Waals surface area contributed by atoms with Crippen LogP contribution in [-0.4, -0.2) is 31.4 Å². The molecule has 0 saturated carbocycles. The number of aromatic nitrogens is 4. The Balaban J connectivity index is 1.41. The highest BCUT2D eigenvalue weighted by Gasteiger charge is 2.08. The normalized spacial score (nSPS) is 11.6. The number of aryl methyl sites for hydroxylation is 1. The molecule has 0 spiro atoms. The van der Waals surface area contributed by atoms with Crippen molar-refractivity contribution < 1.29 is 4.79 Å². The molecule has 6 nitrogen and oxygen atoms in total. The zero-order valence-corrected chi connectivity index (χ0v) is 15.5. The molecule has 1 amide bonds. The van der Waals surface area contributed by atoms with Gasteiger partial charge in [0.15, 0.2) is 5.15 Å². The summed E-state index contributed by atoms with van der Waals surface area (Å²) in [5.41, 5.74) is 3.45. The number of halogens is 1. The van der Waals surface area contributed by atoms with Crippen LogP contribution in [0, 0.1) is 6.92 Å². The van der Waals surface area contributed by atoms with Gasteiger partial charge in [0.05, 0.1) is 16.7 Å². The molecule has 0 aliphatic heterocycles. The van der Waals surface area contributed by atoms with E-state index < -0.39 is 0 Å². The van der Waals surface area contributed by atoms with E-state index in [0.29, 0.717) is 23.9 Å². The van der Waals surface area contributed by atoms with Gasteiger partial charge in [-0.1, -0.05) is 29.8 Å². The maximum atomic E-state index is 12.2. The third kappa shape index (κ3) is 3.44. The number of imidazole rings is 2. The average Bonchev–Trinajstić information content (AvgIpc) is 3.16. The summed E-state index contributed by atoms with van der Waals surface area (Å²) in [4.78, 5) is 21.0. The molecule has 7 heteroatoms. The maximum absolute atomic E-state index is 12.2. The summed E-state index contributed by atoms with van der Waals surface area (Å²) < 4.78 is 3.94. The molecule has 1 N–H and O–H groups in total. The Hall–Kier alpha value is -3.12. The topological polar surface area (TPSA) is 64.2 Å². The number of hydrogen-bond acceptors (Lipinski definition) is 3. The fraction of sp³-hybridized carbons (Fsp3) is 0.150. The van der Waals surface area contributed by atoms with Crippen LogP contribution in [0.2, 0.25) is 5.15 Å². The zero-order valence-electron chi connectivity index (χ0n) is 14.8. The van der Waals surface area contributed by atoms with Gasteiger partial charge in [-0.15, -0.1) is 0 Å². The summed E-state index contributed by atoms with van der Waals surface area (Å²) in [5, 5.41) is 3.26. The molecule has 0 aliphatic carbocycles. The number of pyridine rings is 1. The quantitative estimate of drug-likeness (QED) is 0.540. The van der Waals surface area contributed by atoms with Gasteiger partial charge in [-0.2, -0.15) is 0 Å². The van der Waals surface area contributed by atoms with Gasteiger partial charge in [-0.3, -0.25) is 9.20 Å². The minimum absolute atomic E-state index is 0.181. The van der Waals surface area contributed by atoms with Crippen LogP contribution in [0.4, 0.5) is 0 Å². The summed E-state index contributed by atoms with van der Waals surface area (Å²) in [7, 11) is 0. The van der Waals surface area contributed by atoms with Gasteiger partial charge in [-0.25, -0.2) is 9.97 Å². The molecular formula is C20H18ClN5O. The van der Waals surface area contributed by atoms with E-state index in [4.69, 9.17) is 11.6 Å². The first kappa shape index (κ1) is 17.3. The van der Waals surface area contributed by atoms with Gasteiger partial charge in [0.25, 0.3) is 0 Å². The molecule has 27 heavy (non-hydrogen) atoms. The molecule has 3 aromatic heterocycles. The lowest BCUT2D eigenvalue weighted by atomic mass is 10.3. The first-order valence-electron chi connectivity index (χ1n) is 8.64. The molecule has 136 valence electrons. The van der Waals surface area contributed by atoms with Crippen molar-refractivity contribution in [1.29, 1.82) is 0 Å². The Morgan fingerprint density at radius 2 is 2.00 bits per heavy atom. The molecule has 0 radical (unpaired) electrons. The number of amides is 1. The van der Waals surface area contributed by atoms with Gasteiger partial charge in [0.1, 0.15) is 11.5 Å². The third-order valence-electron chi connectivity index (χ3n) is 4.39. The van der Waals surface area contributed by atoms with Gasteiger partial charge >= 0.3 is 0 Å². The first-order valence-corrected chi connectivity index (χ1v) is 9.01. The van der Waals surface area contributed by atoms with Crippen LogP contribution in [0.5, 0.6) is 0 Å². The van der Waals surface area contributed by atoms with Gasteiger partial charge in [-0.05, 0) is 37.3 Å². The van der Waals surface area contributed by atoms with E-state index in [2.05, 4.69) is 19.9 Å². The predicted octanol–water partition coefficient (Wildman–Crippen LogP) is 3.48. The van der Waals surface area contributed by atoms with E-state index in [1.165, 1.54) is 6.08 Å². The number of para-hydroxylation sites is 2. The van der Waals surface area contributed by atoms with Crippen LogP contribution >= 0.6 is 11.6 Å². The summed E-state index contributed by atoms with van der Waals surface area (Å²) in [6.45, 7) is 3.13. The third-order valence-corrected chi connectivity index (χ3v) is 4.67. The molecule has 0 fully saturated rings. The Morgan fingerprint density at radius 3 is 2.89 bits per heavy atom. The van der Waals surface area contributed by atoms with E-state index in [0.717, 1.165) is 22.5 Å². The van der Waals surface area contributed by atoms with Crippen LogP contribution in [0.1, 0.15) is 11.5 Å². The summed E-state index contributed by atoms with van der Waals surface area (Å²) in [5.74, 6) is 0.748. The Labute approximate surface area is 161 Å². The molecule has 0 aliphatic rings. The smallest absolute Gasteiger partial charge is 0.244 e. The highest BCUT2D eigenvalue weighted by atomic mass is 35.5. The minimum atomic E-state index is -0.181. The number of hydrogen-bond donors (Lipinski definition) is 1. The molecular weight excluding hydrogens is 362 g/mol. The second-order valence-corrected chi connectivity index (χ2v) is 6.50. The average molecular weight is 380 g/mol. The number of fused-ring (bicyclic) bond motifs is 2. The second kappa shape index (κ2) is 7.25. The lowest BCUT2D eigenvalue weighted by Crippen LogP contribution is -2.25. The molecule has 0 unspecified atom stereocenters. The van der Waals surface area contributed by atoms with E-state index in [1.54, 1.807) is 6.08 Å². The van der Waals surface area contributed by atoms with Crippen molar-refractivity contribution in [3.63, 3.8) is 0 Å². The van der Waals surface area contributed by atoms with E-state index in [1.807, 2.05) is 60.0 Å². The number of rotatable bonds is 5. The molecule has 4 rings (SSSR count). The molecule has 0 bridgehead atoms. The summed E-state index contributed by atoms with van der Waals surface area (Å²) in [6, 6.07) is 13.6. The molecule has 0 saturated heterocycles. The van der Waals surface area contributed by atoms with Crippen molar-refractivity contribution in [2.45, 2.75) is 13.5 Å². The summed E-state index contributed by atoms with van der Waals surface area (Å²) in [6.07, 6.45) is 5.01. The molecule has 4 aromatic rings. The lowest BCUT2D eigenvalue weighted by molar-refractivity contribution is -0.116. The maximum Gasteiger partial charge on any atom is 0.244 e. The van der Waals surface area contributed by atoms with Crippen molar-refractivity contribution in [2.24, 2.45) is 0 Å². The van der Waals surface area contributed by atoms with Crippen molar-refractivity contribution in [2.75, 3.05) is 6.54 Å². The SMILES string of the molecule is Cc1nc2ccccc2n1CCNC(=O)/C=C/c1c(Cl)nc2ccccn12. The van der Waals surface area contributed by atoms with Gasteiger partial charge < -0.3 is 9.88 Å². The number of carbonyl (C=O) groups excluding carboxylic acids is 1. The van der Waals surface area contributed by atoms with Crippen LogP contribution in [0.25, 0.3) is 22.8 Å². The minimum Gasteiger partial charge on any atom is -0.351 e. The van der Waals surface area contributed by atoms with Crippen molar-refractivity contribution in [3.8, 4) is 0 Å². The van der Waals surface area contributed by atoms with Gasteiger partial charge in [0, 0.05) is 25.4 Å². The highest BCUT2D eigenvalue weighted by Crippen LogP contribution is 2.19. The van der Waals surface area contributed by atoms with Crippen molar-refractivity contribution >= 4 is 40.3 Å². The Kier molecular flexibility index (Phi) is 4.64. The zero-order chi connectivity index (χ0) is 18.8. The van der Waals surface area contributed by atoms with Crippen molar-refractivity contribution in [3.05, 3.63) is 71.4 Å². The Bertz CT molecular complexity index is 1160. The molecule has 3 heterocycles. The fourth-order valence-electron chi connectivity index (χ4n) is 3.12. The lowest BCUT2D eigenvalue weighted by Gasteiger charge is -2.07. The van der Waals surface area contributed by atoms with Crippen LogP contribution in [0.15, 0.2) is 54.7 Å². The van der Waals surface area contributed by atoms with Crippen molar-refractivity contribution in [1.82, 2.24) is 24.3 Å². The van der Waals surface area contributed by atoms with Crippen LogP contribution in [0.3, 0.4) is 0 Å². The standard InChI is InChI=1S/C20H18ClN5O/c1-14-23-15-6-2-3-7-16(15)25(14)13-11-22-19(27)10-9-17-20(21)24-18-8-4-5-12-26(17)18/h2-10,12H,11,13H2,1H3,(H,22,27)/b10-9+. The second-order valence-electron chi connectivity index (χ2n) is 6.14. The Morgan fingerprint density at radius 1 is 1.19 bits per heavy atom. The van der Waals surface area contributed by atoms with Gasteiger partial charge in [0.2, 0.25) is 5.91 Å².